The first kappa shape index (κ1) is 19.3. The minimum absolute atomic E-state index is 0.154. The standard InChI is InChI=1S/C23H19N5O2S/c29-23(26-12-14-2-1-8-24-11-14)22-21(18-7-9-25-13-20(18)31-22)27-16-4-5-17-15(10-16)3-6-19(17)28-30/h1-2,4-5,7-11,13,19,27H,3,6,12H2,(H,26,29). The van der Waals surface area contributed by atoms with Gasteiger partial charge in [-0.05, 0) is 53.8 Å². The van der Waals surface area contributed by atoms with Crippen molar-refractivity contribution in [3.63, 3.8) is 0 Å². The van der Waals surface area contributed by atoms with E-state index >= 15 is 0 Å². The minimum atomic E-state index is -0.258. The molecule has 31 heavy (non-hydrogen) atoms. The lowest BCUT2D eigenvalue weighted by Crippen LogP contribution is -2.22. The van der Waals surface area contributed by atoms with Crippen LogP contribution in [0.4, 0.5) is 11.4 Å². The van der Waals surface area contributed by atoms with Crippen LogP contribution >= 0.6 is 11.3 Å². The molecular weight excluding hydrogens is 410 g/mol. The van der Waals surface area contributed by atoms with Crippen LogP contribution in [-0.4, -0.2) is 15.9 Å². The van der Waals surface area contributed by atoms with Gasteiger partial charge >= 0.3 is 0 Å². The summed E-state index contributed by atoms with van der Waals surface area (Å²) >= 11 is 1.41. The highest BCUT2D eigenvalue weighted by molar-refractivity contribution is 7.21. The van der Waals surface area contributed by atoms with Gasteiger partial charge in [0.1, 0.15) is 10.9 Å². The summed E-state index contributed by atoms with van der Waals surface area (Å²) < 4.78 is 0.933. The Morgan fingerprint density at radius 2 is 2.06 bits per heavy atom. The van der Waals surface area contributed by atoms with Crippen LogP contribution < -0.4 is 10.6 Å². The molecule has 4 aromatic rings. The Morgan fingerprint density at radius 1 is 1.16 bits per heavy atom. The Kier molecular flexibility index (Phi) is 5.13. The molecule has 1 amide bonds. The number of aryl methyl sites for hydroxylation is 1. The predicted octanol–water partition coefficient (Wildman–Crippen LogP) is 5.12. The predicted molar refractivity (Wildman–Crippen MR) is 122 cm³/mol. The first-order valence-electron chi connectivity index (χ1n) is 9.99. The van der Waals surface area contributed by atoms with Crippen molar-refractivity contribution in [2.24, 2.45) is 5.18 Å². The number of hydrogen-bond donors (Lipinski definition) is 2. The van der Waals surface area contributed by atoms with Gasteiger partial charge in [0.05, 0.1) is 10.4 Å². The number of thiophene rings is 1. The summed E-state index contributed by atoms with van der Waals surface area (Å²) in [5.74, 6) is -0.154. The maximum Gasteiger partial charge on any atom is 0.263 e. The van der Waals surface area contributed by atoms with Gasteiger partial charge in [-0.15, -0.1) is 11.3 Å². The molecule has 2 N–H and O–H groups in total. The van der Waals surface area contributed by atoms with Gasteiger partial charge in [0.25, 0.3) is 5.91 Å². The van der Waals surface area contributed by atoms with Crippen LogP contribution in [-0.2, 0) is 13.0 Å². The number of rotatable bonds is 6. The van der Waals surface area contributed by atoms with E-state index in [1.807, 2.05) is 36.4 Å². The van der Waals surface area contributed by atoms with Gasteiger partial charge in [0.15, 0.2) is 0 Å². The van der Waals surface area contributed by atoms with E-state index in [-0.39, 0.29) is 11.9 Å². The van der Waals surface area contributed by atoms with E-state index in [9.17, 15) is 9.70 Å². The number of benzene rings is 1. The largest absolute Gasteiger partial charge is 0.354 e. The minimum Gasteiger partial charge on any atom is -0.354 e. The van der Waals surface area contributed by atoms with E-state index in [1.54, 1.807) is 24.8 Å². The highest BCUT2D eigenvalue weighted by Gasteiger charge is 2.24. The Labute approximate surface area is 182 Å². The molecule has 1 aromatic carbocycles. The second-order valence-corrected chi connectivity index (χ2v) is 8.47. The fourth-order valence-electron chi connectivity index (χ4n) is 3.93. The first-order chi connectivity index (χ1) is 15.2. The lowest BCUT2D eigenvalue weighted by molar-refractivity contribution is 0.0955. The number of fused-ring (bicyclic) bond motifs is 2. The van der Waals surface area contributed by atoms with E-state index in [0.717, 1.165) is 51.0 Å². The van der Waals surface area contributed by atoms with Crippen molar-refractivity contribution in [2.75, 3.05) is 5.32 Å². The lowest BCUT2D eigenvalue weighted by atomic mass is 10.1. The number of carbonyl (C=O) groups is 1. The summed E-state index contributed by atoms with van der Waals surface area (Å²) in [6, 6.07) is 11.4. The van der Waals surface area contributed by atoms with Gasteiger partial charge < -0.3 is 10.6 Å². The molecule has 1 aliphatic carbocycles. The molecule has 5 rings (SSSR count). The summed E-state index contributed by atoms with van der Waals surface area (Å²) in [6.07, 6.45) is 8.51. The van der Waals surface area contributed by atoms with Crippen LogP contribution in [0.2, 0.25) is 0 Å². The van der Waals surface area contributed by atoms with Gasteiger partial charge in [-0.25, -0.2) is 0 Å². The average Bonchev–Trinajstić information content (AvgIpc) is 3.39. The van der Waals surface area contributed by atoms with E-state index in [4.69, 9.17) is 0 Å². The molecule has 8 heteroatoms. The Balaban J connectivity index is 1.45. The van der Waals surface area contributed by atoms with Gasteiger partial charge in [-0.2, -0.15) is 4.91 Å². The fraction of sp³-hybridized carbons (Fsp3) is 0.174. The third-order valence-electron chi connectivity index (χ3n) is 5.46. The SMILES string of the molecule is O=NC1CCc2cc(Nc3c(C(=O)NCc4cccnc4)sc4cnccc34)ccc21. The Bertz CT molecular complexity index is 1270. The zero-order chi connectivity index (χ0) is 21.2. The molecule has 0 aliphatic heterocycles. The highest BCUT2D eigenvalue weighted by atomic mass is 32.1. The van der Waals surface area contributed by atoms with E-state index < -0.39 is 0 Å². The smallest absolute Gasteiger partial charge is 0.263 e. The number of amides is 1. The van der Waals surface area contributed by atoms with E-state index in [1.165, 1.54) is 11.3 Å². The van der Waals surface area contributed by atoms with Crippen molar-refractivity contribution >= 4 is 38.7 Å². The molecule has 1 unspecified atom stereocenters. The van der Waals surface area contributed by atoms with Gasteiger partial charge in [-0.1, -0.05) is 17.3 Å². The topological polar surface area (TPSA) is 96.3 Å². The number of nitrogens with one attached hydrogen (secondary N) is 2. The van der Waals surface area contributed by atoms with Gasteiger partial charge in [0, 0.05) is 42.4 Å². The molecule has 0 bridgehead atoms. The summed E-state index contributed by atoms with van der Waals surface area (Å²) in [5, 5.41) is 10.6. The summed E-state index contributed by atoms with van der Waals surface area (Å²) in [5.41, 5.74) is 4.69. The average molecular weight is 430 g/mol. The quantitative estimate of drug-likeness (QED) is 0.415. The normalized spacial score (nSPS) is 14.9. The molecule has 0 radical (unpaired) electrons. The summed E-state index contributed by atoms with van der Waals surface area (Å²) in [6.45, 7) is 0.400. The van der Waals surface area contributed by atoms with Crippen molar-refractivity contribution in [3.8, 4) is 0 Å². The van der Waals surface area contributed by atoms with Crippen molar-refractivity contribution < 1.29 is 4.79 Å². The van der Waals surface area contributed by atoms with Crippen molar-refractivity contribution in [3.05, 3.63) is 87.7 Å². The monoisotopic (exact) mass is 429 g/mol. The molecule has 0 fully saturated rings. The fourth-order valence-corrected chi connectivity index (χ4v) is 4.97. The van der Waals surface area contributed by atoms with Crippen LogP contribution in [0, 0.1) is 4.91 Å². The number of pyridine rings is 2. The summed E-state index contributed by atoms with van der Waals surface area (Å²) in [4.78, 5) is 32.9. The Hall–Kier alpha value is -3.65. The van der Waals surface area contributed by atoms with Gasteiger partial charge in [0.2, 0.25) is 0 Å². The maximum atomic E-state index is 13.0. The van der Waals surface area contributed by atoms with Crippen molar-refractivity contribution in [1.29, 1.82) is 0 Å². The number of carbonyl (C=O) groups excluding carboxylic acids is 1. The second kappa shape index (κ2) is 8.23. The molecule has 0 spiro atoms. The lowest BCUT2D eigenvalue weighted by Gasteiger charge is -2.11. The van der Waals surface area contributed by atoms with Crippen LogP contribution in [0.3, 0.4) is 0 Å². The molecule has 0 saturated carbocycles. The molecule has 3 aromatic heterocycles. The number of nitrogens with zero attached hydrogens (tertiary/aromatic N) is 3. The second-order valence-electron chi connectivity index (χ2n) is 7.42. The molecule has 0 saturated heterocycles. The van der Waals surface area contributed by atoms with Crippen molar-refractivity contribution in [1.82, 2.24) is 15.3 Å². The third kappa shape index (κ3) is 3.77. The number of hydrogen-bond acceptors (Lipinski definition) is 7. The number of aromatic nitrogens is 2. The zero-order valence-corrected chi connectivity index (χ0v) is 17.4. The molecular formula is C23H19N5O2S. The van der Waals surface area contributed by atoms with Gasteiger partial charge in [-0.3, -0.25) is 14.8 Å². The molecule has 7 nitrogen and oxygen atoms in total. The van der Waals surface area contributed by atoms with E-state index in [0.29, 0.717) is 11.4 Å². The van der Waals surface area contributed by atoms with Crippen LogP contribution in [0.1, 0.15) is 38.8 Å². The zero-order valence-electron chi connectivity index (χ0n) is 16.5. The number of anilines is 2. The Morgan fingerprint density at radius 3 is 2.90 bits per heavy atom. The molecule has 154 valence electrons. The maximum absolute atomic E-state index is 13.0. The van der Waals surface area contributed by atoms with Crippen LogP contribution in [0.5, 0.6) is 0 Å². The van der Waals surface area contributed by atoms with Crippen molar-refractivity contribution in [2.45, 2.75) is 25.4 Å². The number of nitroso groups, excluding NO2 is 1. The molecule has 3 heterocycles. The van der Waals surface area contributed by atoms with Crippen LogP contribution in [0.25, 0.3) is 10.1 Å². The first-order valence-corrected chi connectivity index (χ1v) is 10.8. The van der Waals surface area contributed by atoms with E-state index in [2.05, 4.69) is 25.8 Å². The molecule has 1 aliphatic rings. The highest BCUT2D eigenvalue weighted by Crippen LogP contribution is 2.39. The van der Waals surface area contributed by atoms with Crippen LogP contribution in [0.15, 0.2) is 66.4 Å². The summed E-state index contributed by atoms with van der Waals surface area (Å²) in [7, 11) is 0. The third-order valence-corrected chi connectivity index (χ3v) is 6.60. The molecule has 1 atom stereocenters.